The second kappa shape index (κ2) is 10.3. The maximum Gasteiger partial charge on any atom is 0.217 e. The lowest BCUT2D eigenvalue weighted by molar-refractivity contribution is -0.119. The standard InChI is InChI=1S/C26H34FN7O/c1-16(35)30-19-10-12-20(13-11-19)34-25-23(32-26(34)31-22-5-3-2-4-21(22)27)15-29-24(33-25)14-17-6-8-18(28)9-7-17/h2-5,15,17-20H,6-14,28H2,1H3,(H,30,35)(H,31,32). The lowest BCUT2D eigenvalue weighted by Gasteiger charge is -2.30. The van der Waals surface area contributed by atoms with Crippen molar-refractivity contribution in [2.45, 2.75) is 82.8 Å². The third kappa shape index (κ3) is 5.45. The molecule has 2 heterocycles. The number of carbonyl (C=O) groups is 1. The van der Waals surface area contributed by atoms with Crippen molar-refractivity contribution in [3.63, 3.8) is 0 Å². The Morgan fingerprint density at radius 3 is 2.54 bits per heavy atom. The number of rotatable bonds is 6. The predicted molar refractivity (Wildman–Crippen MR) is 134 cm³/mol. The molecule has 2 fully saturated rings. The zero-order valence-corrected chi connectivity index (χ0v) is 20.2. The van der Waals surface area contributed by atoms with Crippen molar-refractivity contribution < 1.29 is 9.18 Å². The third-order valence-electron chi connectivity index (χ3n) is 7.43. The molecular formula is C26H34FN7O. The van der Waals surface area contributed by atoms with E-state index in [0.29, 0.717) is 29.1 Å². The molecule has 1 amide bonds. The SMILES string of the molecule is CC(=O)NC1CCC(n2c(Nc3ccccc3F)nc3cnc(CC4CCC(N)CC4)nc32)CC1. The number of nitrogens with two attached hydrogens (primary N) is 1. The molecule has 0 atom stereocenters. The molecule has 0 radical (unpaired) electrons. The number of nitrogens with one attached hydrogen (secondary N) is 2. The van der Waals surface area contributed by atoms with Gasteiger partial charge < -0.3 is 16.4 Å². The summed E-state index contributed by atoms with van der Waals surface area (Å²) in [6.07, 6.45) is 10.5. The lowest BCUT2D eigenvalue weighted by atomic mass is 9.84. The van der Waals surface area contributed by atoms with E-state index >= 15 is 0 Å². The molecule has 3 aromatic rings. The molecule has 0 bridgehead atoms. The van der Waals surface area contributed by atoms with Crippen molar-refractivity contribution in [3.05, 3.63) is 42.1 Å². The molecule has 0 aliphatic heterocycles. The van der Waals surface area contributed by atoms with E-state index in [1.54, 1.807) is 31.3 Å². The van der Waals surface area contributed by atoms with Gasteiger partial charge in [0.05, 0.1) is 11.9 Å². The van der Waals surface area contributed by atoms with Crippen molar-refractivity contribution >= 4 is 28.7 Å². The average molecular weight is 480 g/mol. The molecule has 1 aromatic carbocycles. The summed E-state index contributed by atoms with van der Waals surface area (Å²) in [4.78, 5) is 25.9. The second-order valence-corrected chi connectivity index (χ2v) is 10.1. The van der Waals surface area contributed by atoms with Crippen LogP contribution in [0.2, 0.25) is 0 Å². The monoisotopic (exact) mass is 479 g/mol. The molecule has 2 aliphatic carbocycles. The minimum absolute atomic E-state index is 0.00416. The predicted octanol–water partition coefficient (Wildman–Crippen LogP) is 4.39. The molecule has 5 rings (SSSR count). The maximum atomic E-state index is 14.5. The van der Waals surface area contributed by atoms with Gasteiger partial charge in [-0.15, -0.1) is 0 Å². The molecule has 8 nitrogen and oxygen atoms in total. The summed E-state index contributed by atoms with van der Waals surface area (Å²) < 4.78 is 16.6. The number of aromatic nitrogens is 4. The van der Waals surface area contributed by atoms with Crippen molar-refractivity contribution in [1.29, 1.82) is 0 Å². The molecule has 2 saturated carbocycles. The van der Waals surface area contributed by atoms with E-state index in [0.717, 1.165) is 69.3 Å². The second-order valence-electron chi connectivity index (χ2n) is 10.1. The van der Waals surface area contributed by atoms with Gasteiger partial charge in [-0.25, -0.2) is 19.3 Å². The molecule has 0 spiro atoms. The summed E-state index contributed by atoms with van der Waals surface area (Å²) in [6, 6.07) is 7.25. The largest absolute Gasteiger partial charge is 0.354 e. The van der Waals surface area contributed by atoms with Crippen molar-refractivity contribution in [2.24, 2.45) is 11.7 Å². The van der Waals surface area contributed by atoms with Crippen LogP contribution in [-0.4, -0.2) is 37.5 Å². The number of nitrogens with zero attached hydrogens (tertiary/aromatic N) is 4. The molecule has 2 aliphatic rings. The normalized spacial score (nSPS) is 24.9. The fourth-order valence-corrected chi connectivity index (χ4v) is 5.56. The minimum Gasteiger partial charge on any atom is -0.354 e. The zero-order valence-electron chi connectivity index (χ0n) is 20.2. The van der Waals surface area contributed by atoms with Gasteiger partial charge in [0.15, 0.2) is 5.65 Å². The summed E-state index contributed by atoms with van der Waals surface area (Å²) in [5.74, 6) is 1.62. The van der Waals surface area contributed by atoms with Crippen LogP contribution in [0.5, 0.6) is 0 Å². The number of imidazole rings is 1. The summed E-state index contributed by atoms with van der Waals surface area (Å²) in [6.45, 7) is 1.56. The number of benzene rings is 1. The molecule has 9 heteroatoms. The van der Waals surface area contributed by atoms with Gasteiger partial charge in [-0.05, 0) is 69.4 Å². The van der Waals surface area contributed by atoms with Crippen LogP contribution in [0.4, 0.5) is 16.0 Å². The van der Waals surface area contributed by atoms with Gasteiger partial charge >= 0.3 is 0 Å². The Labute approximate surface area is 204 Å². The lowest BCUT2D eigenvalue weighted by Crippen LogP contribution is -2.36. The van der Waals surface area contributed by atoms with Crippen LogP contribution in [0.1, 0.15) is 70.2 Å². The Balaban J connectivity index is 1.45. The third-order valence-corrected chi connectivity index (χ3v) is 7.43. The number of halogens is 1. The molecule has 4 N–H and O–H groups in total. The topological polar surface area (TPSA) is 111 Å². The van der Waals surface area contributed by atoms with E-state index in [1.807, 2.05) is 0 Å². The van der Waals surface area contributed by atoms with Gasteiger partial charge in [-0.2, -0.15) is 0 Å². The van der Waals surface area contributed by atoms with Crippen LogP contribution >= 0.6 is 0 Å². The smallest absolute Gasteiger partial charge is 0.217 e. The van der Waals surface area contributed by atoms with Gasteiger partial charge in [0.1, 0.15) is 17.2 Å². The molecular weight excluding hydrogens is 445 g/mol. The van der Waals surface area contributed by atoms with Gasteiger partial charge in [0.2, 0.25) is 11.9 Å². The Kier molecular flexibility index (Phi) is 6.95. The summed E-state index contributed by atoms with van der Waals surface area (Å²) >= 11 is 0. The van der Waals surface area contributed by atoms with Gasteiger partial charge in [0, 0.05) is 31.5 Å². The summed E-state index contributed by atoms with van der Waals surface area (Å²) in [5, 5.41) is 6.24. The molecule has 0 unspecified atom stereocenters. The average Bonchev–Trinajstić information content (AvgIpc) is 3.19. The van der Waals surface area contributed by atoms with E-state index in [1.165, 1.54) is 6.07 Å². The molecule has 0 saturated heterocycles. The Morgan fingerprint density at radius 2 is 1.83 bits per heavy atom. The highest BCUT2D eigenvalue weighted by molar-refractivity contribution is 5.76. The van der Waals surface area contributed by atoms with Crippen LogP contribution in [-0.2, 0) is 11.2 Å². The number of hydrogen-bond acceptors (Lipinski definition) is 6. The Morgan fingerprint density at radius 1 is 1.09 bits per heavy atom. The highest BCUT2D eigenvalue weighted by atomic mass is 19.1. The van der Waals surface area contributed by atoms with Crippen molar-refractivity contribution in [2.75, 3.05) is 5.32 Å². The number of anilines is 2. The number of hydrogen-bond donors (Lipinski definition) is 3. The molecule has 186 valence electrons. The number of carbonyl (C=O) groups excluding carboxylic acids is 1. The number of fused-ring (bicyclic) bond motifs is 1. The van der Waals surface area contributed by atoms with Crippen molar-refractivity contribution in [1.82, 2.24) is 24.8 Å². The summed E-state index contributed by atoms with van der Waals surface area (Å²) in [7, 11) is 0. The molecule has 2 aromatic heterocycles. The highest BCUT2D eigenvalue weighted by Gasteiger charge is 2.28. The van der Waals surface area contributed by atoms with E-state index in [-0.39, 0.29) is 23.8 Å². The van der Waals surface area contributed by atoms with Gasteiger partial charge in [-0.1, -0.05) is 12.1 Å². The van der Waals surface area contributed by atoms with Crippen LogP contribution in [0.3, 0.4) is 0 Å². The van der Waals surface area contributed by atoms with E-state index in [4.69, 9.17) is 15.7 Å². The molecule has 35 heavy (non-hydrogen) atoms. The first-order valence-electron chi connectivity index (χ1n) is 12.7. The first-order valence-corrected chi connectivity index (χ1v) is 12.7. The van der Waals surface area contributed by atoms with E-state index < -0.39 is 0 Å². The van der Waals surface area contributed by atoms with Gasteiger partial charge in [-0.3, -0.25) is 9.36 Å². The van der Waals surface area contributed by atoms with Crippen LogP contribution in [0, 0.1) is 11.7 Å². The Hall–Kier alpha value is -3.07. The number of amides is 1. The first kappa shape index (κ1) is 23.7. The quantitative estimate of drug-likeness (QED) is 0.484. The van der Waals surface area contributed by atoms with Crippen LogP contribution in [0.15, 0.2) is 30.5 Å². The van der Waals surface area contributed by atoms with Crippen molar-refractivity contribution in [3.8, 4) is 0 Å². The Bertz CT molecular complexity index is 1180. The van der Waals surface area contributed by atoms with Crippen LogP contribution < -0.4 is 16.4 Å². The van der Waals surface area contributed by atoms with E-state index in [2.05, 4.69) is 20.2 Å². The van der Waals surface area contributed by atoms with Crippen LogP contribution in [0.25, 0.3) is 11.2 Å². The highest BCUT2D eigenvalue weighted by Crippen LogP contribution is 2.35. The summed E-state index contributed by atoms with van der Waals surface area (Å²) in [5.41, 5.74) is 7.94. The van der Waals surface area contributed by atoms with Gasteiger partial charge in [0.25, 0.3) is 0 Å². The van der Waals surface area contributed by atoms with E-state index in [9.17, 15) is 9.18 Å². The fourth-order valence-electron chi connectivity index (χ4n) is 5.56. The minimum atomic E-state index is -0.331. The maximum absolute atomic E-state index is 14.5. The fraction of sp³-hybridized carbons (Fsp3) is 0.538. The zero-order chi connectivity index (χ0) is 24.4. The first-order chi connectivity index (χ1) is 17.0. The number of para-hydroxylation sites is 1.